The number of nitrogens with one attached hydrogen (secondary N) is 1. The van der Waals surface area contributed by atoms with E-state index in [1.165, 1.54) is 0 Å². The Morgan fingerprint density at radius 1 is 1.20 bits per heavy atom. The summed E-state index contributed by atoms with van der Waals surface area (Å²) < 4.78 is 0. The van der Waals surface area contributed by atoms with E-state index < -0.39 is 5.92 Å². The maximum Gasteiger partial charge on any atom is 0.150 e. The molecule has 15 heavy (non-hydrogen) atoms. The topological polar surface area (TPSA) is 59.6 Å². The standard InChI is InChI=1S/C12H13N3/c1-9-4-3-5-10(2)12(9)15-8-11(6-13)7-14/h3-5,11,15H,8H2,1-2H3. The van der Waals surface area contributed by atoms with Gasteiger partial charge in [-0.1, -0.05) is 18.2 Å². The van der Waals surface area contributed by atoms with Crippen molar-refractivity contribution in [2.24, 2.45) is 5.92 Å². The number of nitriles is 2. The predicted octanol–water partition coefficient (Wildman–Crippen LogP) is 2.38. The van der Waals surface area contributed by atoms with Gasteiger partial charge in [0.15, 0.2) is 0 Å². The highest BCUT2D eigenvalue weighted by atomic mass is 14.9. The Morgan fingerprint density at radius 3 is 2.20 bits per heavy atom. The fraction of sp³-hybridized carbons (Fsp3) is 0.333. The van der Waals surface area contributed by atoms with Crippen molar-refractivity contribution in [2.75, 3.05) is 11.9 Å². The van der Waals surface area contributed by atoms with Gasteiger partial charge in [-0.3, -0.25) is 0 Å². The summed E-state index contributed by atoms with van der Waals surface area (Å²) in [6.45, 7) is 4.38. The normalized spacial score (nSPS) is 9.40. The average molecular weight is 199 g/mol. The first-order valence-corrected chi connectivity index (χ1v) is 4.78. The maximum absolute atomic E-state index is 8.63. The lowest BCUT2D eigenvalue weighted by Gasteiger charge is -2.12. The molecule has 1 aromatic carbocycles. The minimum Gasteiger partial charge on any atom is -0.382 e. The van der Waals surface area contributed by atoms with E-state index in [1.54, 1.807) is 0 Å². The zero-order chi connectivity index (χ0) is 11.3. The van der Waals surface area contributed by atoms with Gasteiger partial charge in [-0.05, 0) is 25.0 Å². The molecule has 0 aliphatic rings. The van der Waals surface area contributed by atoms with Crippen molar-refractivity contribution in [1.29, 1.82) is 10.5 Å². The summed E-state index contributed by atoms with van der Waals surface area (Å²) in [5.41, 5.74) is 3.28. The number of aryl methyl sites for hydroxylation is 2. The number of hydrogen-bond donors (Lipinski definition) is 1. The first-order chi connectivity index (χ1) is 7.19. The Balaban J connectivity index is 2.75. The largest absolute Gasteiger partial charge is 0.382 e. The fourth-order valence-electron chi connectivity index (χ4n) is 1.42. The number of hydrogen-bond acceptors (Lipinski definition) is 3. The van der Waals surface area contributed by atoms with Gasteiger partial charge in [-0.2, -0.15) is 10.5 Å². The average Bonchev–Trinajstić information content (AvgIpc) is 2.23. The maximum atomic E-state index is 8.63. The molecule has 3 nitrogen and oxygen atoms in total. The van der Waals surface area contributed by atoms with Gasteiger partial charge in [0.1, 0.15) is 5.92 Å². The summed E-state index contributed by atoms with van der Waals surface area (Å²) in [6.07, 6.45) is 0. The quantitative estimate of drug-likeness (QED) is 0.813. The van der Waals surface area contributed by atoms with E-state index in [0.717, 1.165) is 16.8 Å². The SMILES string of the molecule is Cc1cccc(C)c1NCC(C#N)C#N. The number of rotatable bonds is 3. The minimum atomic E-state index is -0.594. The van der Waals surface area contributed by atoms with E-state index in [1.807, 2.05) is 44.2 Å². The molecule has 1 N–H and O–H groups in total. The molecular weight excluding hydrogens is 186 g/mol. The molecule has 0 radical (unpaired) electrons. The van der Waals surface area contributed by atoms with E-state index in [9.17, 15) is 0 Å². The molecule has 1 aromatic rings. The van der Waals surface area contributed by atoms with E-state index in [0.29, 0.717) is 6.54 Å². The first-order valence-electron chi connectivity index (χ1n) is 4.78. The molecule has 0 aromatic heterocycles. The summed E-state index contributed by atoms with van der Waals surface area (Å²) in [4.78, 5) is 0. The van der Waals surface area contributed by atoms with Crippen molar-refractivity contribution in [3.8, 4) is 12.1 Å². The molecule has 0 saturated heterocycles. The molecule has 0 fully saturated rings. The zero-order valence-electron chi connectivity index (χ0n) is 8.91. The van der Waals surface area contributed by atoms with E-state index in [4.69, 9.17) is 10.5 Å². The highest BCUT2D eigenvalue weighted by molar-refractivity contribution is 5.56. The van der Waals surface area contributed by atoms with Crippen LogP contribution in [-0.2, 0) is 0 Å². The molecule has 0 amide bonds. The lowest BCUT2D eigenvalue weighted by molar-refractivity contribution is 0.885. The molecule has 0 aliphatic carbocycles. The second-order valence-electron chi connectivity index (χ2n) is 3.46. The van der Waals surface area contributed by atoms with Gasteiger partial charge in [0, 0.05) is 12.2 Å². The Labute approximate surface area is 90.0 Å². The van der Waals surface area contributed by atoms with Crippen LogP contribution in [-0.4, -0.2) is 6.54 Å². The van der Waals surface area contributed by atoms with Crippen molar-refractivity contribution in [1.82, 2.24) is 0 Å². The number of para-hydroxylation sites is 1. The summed E-state index contributed by atoms with van der Waals surface area (Å²) >= 11 is 0. The lowest BCUT2D eigenvalue weighted by atomic mass is 10.1. The summed E-state index contributed by atoms with van der Waals surface area (Å²) in [5, 5.41) is 20.4. The summed E-state index contributed by atoms with van der Waals surface area (Å²) in [7, 11) is 0. The highest BCUT2D eigenvalue weighted by Crippen LogP contribution is 2.19. The third-order valence-corrected chi connectivity index (χ3v) is 2.28. The lowest BCUT2D eigenvalue weighted by Crippen LogP contribution is -2.12. The van der Waals surface area contributed by atoms with Crippen LogP contribution in [0.3, 0.4) is 0 Å². The zero-order valence-corrected chi connectivity index (χ0v) is 8.91. The Hall–Kier alpha value is -2.00. The van der Waals surface area contributed by atoms with Crippen LogP contribution >= 0.6 is 0 Å². The van der Waals surface area contributed by atoms with E-state index in [-0.39, 0.29) is 0 Å². The molecule has 0 aliphatic heterocycles. The van der Waals surface area contributed by atoms with Gasteiger partial charge in [-0.25, -0.2) is 0 Å². The van der Waals surface area contributed by atoms with Gasteiger partial charge in [0.2, 0.25) is 0 Å². The van der Waals surface area contributed by atoms with Crippen LogP contribution in [0.4, 0.5) is 5.69 Å². The smallest absolute Gasteiger partial charge is 0.150 e. The molecule has 0 bridgehead atoms. The van der Waals surface area contributed by atoms with Crippen LogP contribution in [0, 0.1) is 42.4 Å². The van der Waals surface area contributed by atoms with Crippen molar-refractivity contribution >= 4 is 5.69 Å². The monoisotopic (exact) mass is 199 g/mol. The van der Waals surface area contributed by atoms with Crippen LogP contribution in [0.25, 0.3) is 0 Å². The summed E-state index contributed by atoms with van der Waals surface area (Å²) in [6, 6.07) is 9.87. The summed E-state index contributed by atoms with van der Waals surface area (Å²) in [5.74, 6) is -0.594. The van der Waals surface area contributed by atoms with Gasteiger partial charge in [0.25, 0.3) is 0 Å². The van der Waals surface area contributed by atoms with Crippen LogP contribution in [0.5, 0.6) is 0 Å². The van der Waals surface area contributed by atoms with Crippen molar-refractivity contribution in [3.05, 3.63) is 29.3 Å². The van der Waals surface area contributed by atoms with Crippen molar-refractivity contribution in [3.63, 3.8) is 0 Å². The molecule has 0 atom stereocenters. The number of anilines is 1. The minimum absolute atomic E-state index is 0.374. The van der Waals surface area contributed by atoms with Gasteiger partial charge >= 0.3 is 0 Å². The van der Waals surface area contributed by atoms with Crippen molar-refractivity contribution < 1.29 is 0 Å². The molecular formula is C12H13N3. The Morgan fingerprint density at radius 2 is 1.73 bits per heavy atom. The third kappa shape index (κ3) is 2.72. The molecule has 0 unspecified atom stereocenters. The second-order valence-corrected chi connectivity index (χ2v) is 3.46. The first kappa shape index (κ1) is 11.1. The van der Waals surface area contributed by atoms with Crippen LogP contribution in [0.2, 0.25) is 0 Å². The molecule has 0 heterocycles. The molecule has 0 spiro atoms. The van der Waals surface area contributed by atoms with Crippen LogP contribution < -0.4 is 5.32 Å². The van der Waals surface area contributed by atoms with Gasteiger partial charge in [0.05, 0.1) is 12.1 Å². The van der Waals surface area contributed by atoms with Gasteiger partial charge in [-0.15, -0.1) is 0 Å². The molecule has 76 valence electrons. The Bertz CT molecular complexity index is 389. The number of nitrogens with zero attached hydrogens (tertiary/aromatic N) is 2. The Kier molecular flexibility index (Phi) is 3.71. The van der Waals surface area contributed by atoms with Gasteiger partial charge < -0.3 is 5.32 Å². The van der Waals surface area contributed by atoms with Crippen molar-refractivity contribution in [2.45, 2.75) is 13.8 Å². The second kappa shape index (κ2) is 5.02. The van der Waals surface area contributed by atoms with E-state index >= 15 is 0 Å². The number of benzene rings is 1. The predicted molar refractivity (Wildman–Crippen MR) is 59.1 cm³/mol. The molecule has 0 saturated carbocycles. The van der Waals surface area contributed by atoms with Crippen LogP contribution in [0.1, 0.15) is 11.1 Å². The molecule has 3 heteroatoms. The van der Waals surface area contributed by atoms with Crippen LogP contribution in [0.15, 0.2) is 18.2 Å². The molecule has 1 rings (SSSR count). The fourth-order valence-corrected chi connectivity index (χ4v) is 1.42. The highest BCUT2D eigenvalue weighted by Gasteiger charge is 2.06. The van der Waals surface area contributed by atoms with E-state index in [2.05, 4.69) is 5.32 Å². The third-order valence-electron chi connectivity index (χ3n) is 2.28.